The van der Waals surface area contributed by atoms with Gasteiger partial charge in [-0.3, -0.25) is 4.98 Å². The number of benzene rings is 1. The van der Waals surface area contributed by atoms with Gasteiger partial charge in [-0.25, -0.2) is 4.79 Å². The van der Waals surface area contributed by atoms with Gasteiger partial charge in [-0.2, -0.15) is 0 Å². The summed E-state index contributed by atoms with van der Waals surface area (Å²) in [5, 5.41) is 6.70. The van der Waals surface area contributed by atoms with Crippen LogP contribution in [0.5, 0.6) is 0 Å². The van der Waals surface area contributed by atoms with Gasteiger partial charge in [0.15, 0.2) is 0 Å². The Labute approximate surface area is 147 Å². The van der Waals surface area contributed by atoms with Crippen molar-refractivity contribution in [2.45, 2.75) is 38.6 Å². The summed E-state index contributed by atoms with van der Waals surface area (Å²) in [4.78, 5) is 16.6. The molecule has 2 N–H and O–H groups in total. The van der Waals surface area contributed by atoms with Crippen LogP contribution in [0.25, 0.3) is 0 Å². The predicted molar refractivity (Wildman–Crippen MR) is 97.3 cm³/mol. The molecule has 0 saturated heterocycles. The highest BCUT2D eigenvalue weighted by molar-refractivity contribution is 6.30. The number of urea groups is 1. The fraction of sp³-hybridized carbons (Fsp3) is 0.368. The molecule has 1 heterocycles. The van der Waals surface area contributed by atoms with Crippen molar-refractivity contribution in [2.75, 3.05) is 5.32 Å². The van der Waals surface area contributed by atoms with Crippen molar-refractivity contribution in [1.29, 1.82) is 0 Å². The molecule has 1 aromatic carbocycles. The van der Waals surface area contributed by atoms with Crippen LogP contribution in [0.3, 0.4) is 0 Å². The van der Waals surface area contributed by atoms with Crippen molar-refractivity contribution in [3.8, 4) is 0 Å². The molecule has 5 heteroatoms. The Kier molecular flexibility index (Phi) is 5.36. The van der Waals surface area contributed by atoms with Gasteiger partial charge in [0.1, 0.15) is 0 Å². The summed E-state index contributed by atoms with van der Waals surface area (Å²) in [6.45, 7) is 1.95. The number of rotatable bonds is 4. The topological polar surface area (TPSA) is 54.0 Å². The number of nitrogens with one attached hydrogen (secondary N) is 2. The number of hydrogen-bond donors (Lipinski definition) is 2. The smallest absolute Gasteiger partial charge is 0.319 e. The van der Waals surface area contributed by atoms with E-state index in [4.69, 9.17) is 11.6 Å². The minimum atomic E-state index is -0.209. The first kappa shape index (κ1) is 16.8. The lowest BCUT2D eigenvalue weighted by molar-refractivity contribution is 0.242. The van der Waals surface area contributed by atoms with Crippen LogP contribution in [-0.2, 0) is 0 Å². The second-order valence-electron chi connectivity index (χ2n) is 6.43. The summed E-state index contributed by atoms with van der Waals surface area (Å²) in [5.74, 6) is 0.449. The SMILES string of the molecule is Cc1cncc(NC(=O)NC(c2cccc(Cl)c2)C2CCCC2)c1. The average molecular weight is 344 g/mol. The lowest BCUT2D eigenvalue weighted by atomic mass is 9.92. The Bertz CT molecular complexity index is 713. The van der Waals surface area contributed by atoms with E-state index in [2.05, 4.69) is 15.6 Å². The summed E-state index contributed by atoms with van der Waals surface area (Å²) in [7, 11) is 0. The van der Waals surface area contributed by atoms with Crippen LogP contribution in [0.2, 0.25) is 5.02 Å². The highest BCUT2D eigenvalue weighted by atomic mass is 35.5. The first-order valence-electron chi connectivity index (χ1n) is 8.36. The largest absolute Gasteiger partial charge is 0.331 e. The molecule has 1 aliphatic rings. The van der Waals surface area contributed by atoms with Crippen LogP contribution in [0, 0.1) is 12.8 Å². The quantitative estimate of drug-likeness (QED) is 0.811. The average Bonchev–Trinajstić information content (AvgIpc) is 3.07. The minimum Gasteiger partial charge on any atom is -0.331 e. The summed E-state index contributed by atoms with van der Waals surface area (Å²) in [6, 6.07) is 9.43. The van der Waals surface area contributed by atoms with E-state index >= 15 is 0 Å². The number of carbonyl (C=O) groups excluding carboxylic acids is 1. The van der Waals surface area contributed by atoms with Crippen LogP contribution in [0.4, 0.5) is 10.5 Å². The maximum atomic E-state index is 12.5. The molecule has 0 aliphatic heterocycles. The monoisotopic (exact) mass is 343 g/mol. The maximum absolute atomic E-state index is 12.5. The van der Waals surface area contributed by atoms with Crippen molar-refractivity contribution < 1.29 is 4.79 Å². The molecule has 1 aliphatic carbocycles. The van der Waals surface area contributed by atoms with E-state index in [1.165, 1.54) is 12.8 Å². The second kappa shape index (κ2) is 7.67. The molecule has 3 rings (SSSR count). The molecule has 1 aromatic heterocycles. The molecule has 0 radical (unpaired) electrons. The van der Waals surface area contributed by atoms with Crippen LogP contribution in [0.1, 0.15) is 42.9 Å². The summed E-state index contributed by atoms with van der Waals surface area (Å²) in [6.07, 6.45) is 8.10. The lowest BCUT2D eigenvalue weighted by Gasteiger charge is -2.25. The Morgan fingerprint density at radius 2 is 2.04 bits per heavy atom. The Morgan fingerprint density at radius 1 is 1.25 bits per heavy atom. The maximum Gasteiger partial charge on any atom is 0.319 e. The van der Waals surface area contributed by atoms with Gasteiger partial charge in [-0.15, -0.1) is 0 Å². The van der Waals surface area contributed by atoms with Gasteiger partial charge in [-0.05, 0) is 55.0 Å². The fourth-order valence-corrected chi connectivity index (χ4v) is 3.59. The van der Waals surface area contributed by atoms with Crippen LogP contribution in [0.15, 0.2) is 42.7 Å². The van der Waals surface area contributed by atoms with Crippen molar-refractivity contribution in [3.05, 3.63) is 58.9 Å². The number of hydrogen-bond acceptors (Lipinski definition) is 2. The molecule has 1 unspecified atom stereocenters. The Balaban J connectivity index is 1.75. The molecule has 4 nitrogen and oxygen atoms in total. The Hall–Kier alpha value is -2.07. The van der Waals surface area contributed by atoms with Gasteiger partial charge < -0.3 is 10.6 Å². The van der Waals surface area contributed by atoms with E-state index in [1.807, 2.05) is 37.3 Å². The number of amides is 2. The summed E-state index contributed by atoms with van der Waals surface area (Å²) >= 11 is 6.14. The standard InChI is InChI=1S/C19H22ClN3O/c1-13-9-17(12-21-11-13)22-19(24)23-18(14-5-2-3-6-14)15-7-4-8-16(20)10-15/h4,7-12,14,18H,2-3,5-6H2,1H3,(H2,22,23,24). The molecule has 1 fully saturated rings. The van der Waals surface area contributed by atoms with Crippen molar-refractivity contribution in [1.82, 2.24) is 10.3 Å². The Morgan fingerprint density at radius 3 is 2.75 bits per heavy atom. The molecular weight excluding hydrogens is 322 g/mol. The van der Waals surface area contributed by atoms with Crippen molar-refractivity contribution in [2.24, 2.45) is 5.92 Å². The molecule has 2 aromatic rings. The molecule has 1 saturated carbocycles. The van der Waals surface area contributed by atoms with Gasteiger partial charge in [0.05, 0.1) is 17.9 Å². The number of halogens is 1. The third kappa shape index (κ3) is 4.26. The molecule has 1 atom stereocenters. The van der Waals surface area contributed by atoms with Crippen LogP contribution >= 0.6 is 11.6 Å². The zero-order valence-corrected chi connectivity index (χ0v) is 14.5. The number of carbonyl (C=O) groups is 1. The number of anilines is 1. The first-order chi connectivity index (χ1) is 11.6. The number of pyridine rings is 1. The molecule has 0 bridgehead atoms. The van der Waals surface area contributed by atoms with Gasteiger partial charge in [0.25, 0.3) is 0 Å². The lowest BCUT2D eigenvalue weighted by Crippen LogP contribution is -2.36. The molecule has 126 valence electrons. The van der Waals surface area contributed by atoms with Gasteiger partial charge in [0.2, 0.25) is 0 Å². The minimum absolute atomic E-state index is 0.0241. The second-order valence-corrected chi connectivity index (χ2v) is 6.86. The van der Waals surface area contributed by atoms with E-state index in [0.717, 1.165) is 24.0 Å². The zero-order chi connectivity index (χ0) is 16.9. The normalized spacial score (nSPS) is 15.9. The summed E-state index contributed by atoms with van der Waals surface area (Å²) < 4.78 is 0. The number of nitrogens with zero attached hydrogens (tertiary/aromatic N) is 1. The van der Waals surface area contributed by atoms with Crippen LogP contribution in [-0.4, -0.2) is 11.0 Å². The van der Waals surface area contributed by atoms with Gasteiger partial charge >= 0.3 is 6.03 Å². The molecule has 2 amide bonds. The first-order valence-corrected chi connectivity index (χ1v) is 8.74. The highest BCUT2D eigenvalue weighted by Crippen LogP contribution is 2.36. The van der Waals surface area contributed by atoms with E-state index in [0.29, 0.717) is 16.6 Å². The van der Waals surface area contributed by atoms with Gasteiger partial charge in [-0.1, -0.05) is 36.6 Å². The van der Waals surface area contributed by atoms with E-state index in [-0.39, 0.29) is 12.1 Å². The van der Waals surface area contributed by atoms with E-state index in [1.54, 1.807) is 12.4 Å². The van der Waals surface area contributed by atoms with E-state index < -0.39 is 0 Å². The van der Waals surface area contributed by atoms with Crippen molar-refractivity contribution >= 4 is 23.3 Å². The fourth-order valence-electron chi connectivity index (χ4n) is 3.40. The molecule has 0 spiro atoms. The zero-order valence-electron chi connectivity index (χ0n) is 13.8. The molecular formula is C19H22ClN3O. The van der Waals surface area contributed by atoms with Gasteiger partial charge in [0, 0.05) is 11.2 Å². The molecule has 24 heavy (non-hydrogen) atoms. The third-order valence-corrected chi connectivity index (χ3v) is 4.73. The third-order valence-electron chi connectivity index (χ3n) is 4.50. The number of aryl methyl sites for hydroxylation is 1. The van der Waals surface area contributed by atoms with Crippen LogP contribution < -0.4 is 10.6 Å². The highest BCUT2D eigenvalue weighted by Gasteiger charge is 2.28. The van der Waals surface area contributed by atoms with E-state index in [9.17, 15) is 4.79 Å². The summed E-state index contributed by atoms with van der Waals surface area (Å²) in [5.41, 5.74) is 2.77. The predicted octanol–water partition coefficient (Wildman–Crippen LogP) is 5.10. The number of aromatic nitrogens is 1. The van der Waals surface area contributed by atoms with Crippen molar-refractivity contribution in [3.63, 3.8) is 0 Å².